The number of ether oxygens (including phenoxy) is 6. The van der Waals surface area contributed by atoms with Gasteiger partial charge >= 0.3 is 6.18 Å². The van der Waals surface area contributed by atoms with Crippen LogP contribution in [0.25, 0.3) is 16.5 Å². The fourth-order valence-corrected chi connectivity index (χ4v) is 10.2. The van der Waals surface area contributed by atoms with Crippen LogP contribution in [0.5, 0.6) is 5.75 Å². The molecule has 448 valence electrons. The Bertz CT molecular complexity index is 2710. The Morgan fingerprint density at radius 1 is 0.780 bits per heavy atom. The molecule has 1 aliphatic heterocycles. The highest BCUT2D eigenvalue weighted by Gasteiger charge is 2.45. The molecule has 19 nitrogen and oxygen atoms in total. The summed E-state index contributed by atoms with van der Waals surface area (Å²) in [7, 11) is 1.48. The fourth-order valence-electron chi connectivity index (χ4n) is 9.42. The molecule has 0 radical (unpaired) electrons. The average Bonchev–Trinajstić information content (AvgIpc) is 4.22. The maximum atomic E-state index is 13.9. The molecule has 4 aromatic rings. The second-order valence-electron chi connectivity index (χ2n) is 21.3. The molecule has 23 heteroatoms. The lowest BCUT2D eigenvalue weighted by atomic mass is 9.81. The number of thiazole rings is 1. The molecule has 2 aromatic heterocycles. The molecule has 2 fully saturated rings. The number of amides is 5. The third-order valence-corrected chi connectivity index (χ3v) is 14.9. The number of likely N-dealkylation sites (tertiary alicyclic amines) is 1. The summed E-state index contributed by atoms with van der Waals surface area (Å²) in [4.78, 5) is 77.0. The minimum Gasteiger partial charge on any atom is -0.495 e. The Hall–Kier alpha value is -6.34. The number of aromatic nitrogens is 2. The van der Waals surface area contributed by atoms with Gasteiger partial charge in [-0.05, 0) is 72.3 Å². The number of hydrogen-bond donors (Lipinski definition) is 5. The summed E-state index contributed by atoms with van der Waals surface area (Å²) >= 11 is 1.56. The Labute approximate surface area is 481 Å². The molecule has 0 bridgehead atoms. The van der Waals surface area contributed by atoms with Gasteiger partial charge in [-0.25, -0.2) is 9.97 Å². The van der Waals surface area contributed by atoms with E-state index in [4.69, 9.17) is 28.4 Å². The number of methoxy groups -OCH3 is 1. The molecule has 3 atom stereocenters. The van der Waals surface area contributed by atoms with Gasteiger partial charge in [0, 0.05) is 38.2 Å². The molecule has 2 aromatic carbocycles. The first kappa shape index (κ1) is 64.8. The summed E-state index contributed by atoms with van der Waals surface area (Å²) < 4.78 is 72.4. The molecular weight excluding hydrogens is 1090 g/mol. The molecular formula is C59H78F3N7O12S. The molecule has 2 aliphatic rings. The molecule has 1 saturated carbocycles. The molecule has 6 rings (SSSR count). The predicted octanol–water partition coefficient (Wildman–Crippen LogP) is 6.38. The van der Waals surface area contributed by atoms with E-state index in [-0.39, 0.29) is 88.6 Å². The zero-order valence-electron chi connectivity index (χ0n) is 47.4. The van der Waals surface area contributed by atoms with Crippen molar-refractivity contribution in [3.63, 3.8) is 0 Å². The number of aryl methyl sites for hydroxylation is 1. The van der Waals surface area contributed by atoms with Crippen LogP contribution in [0.15, 0.2) is 72.4 Å². The van der Waals surface area contributed by atoms with Gasteiger partial charge in [0.2, 0.25) is 23.6 Å². The molecule has 82 heavy (non-hydrogen) atoms. The van der Waals surface area contributed by atoms with Crippen LogP contribution < -0.4 is 26.0 Å². The van der Waals surface area contributed by atoms with Gasteiger partial charge in [-0.3, -0.25) is 24.0 Å². The number of nitrogens with one attached hydrogen (secondary N) is 4. The highest BCUT2D eigenvalue weighted by molar-refractivity contribution is 7.13. The number of alkyl halides is 3. The number of allylic oxidation sites excluding steroid dienone is 1. The monoisotopic (exact) mass is 1170 g/mol. The topological polar surface area (TPSA) is 238 Å². The molecule has 1 aliphatic carbocycles. The lowest BCUT2D eigenvalue weighted by Gasteiger charge is -2.35. The standard InChI is InChI=1S/C59H78F3N7O12S/c1-39-53(82-38-67-39)44-14-10-41(11-15-44)33-66-56(74)49-32-47(70)36-69(49)57(75)54(58(2,3)4)68-52(72)37-81-28-27-80-26-25-79-24-23-78-22-21-77-20-19-63-51(71)30-42-7-6-8-43(29-42)34-65-55(73)48-31-45(50(76-5)35-64-48)16-9-40-12-17-46(18-13-40)59(60,61)62/h6-11,14-16,29,31,35,38,40,46-47,49,54,70H,12-13,17-28,30,32-34,36-37H2,1-5H3,(H,63,71)(H,65,73)(H,66,74)(H,68,72)/b16-9+/t40-,46-,47-,49+,54?/m1/s1. The largest absolute Gasteiger partial charge is 0.495 e. The third-order valence-electron chi connectivity index (χ3n) is 13.9. The first-order chi connectivity index (χ1) is 39.3. The van der Waals surface area contributed by atoms with Crippen molar-refractivity contribution in [2.45, 2.75) is 104 Å². The van der Waals surface area contributed by atoms with Crippen molar-refractivity contribution in [1.29, 1.82) is 0 Å². The van der Waals surface area contributed by atoms with Gasteiger partial charge in [-0.2, -0.15) is 13.2 Å². The Balaban J connectivity index is 0.753. The number of halogens is 3. The van der Waals surface area contributed by atoms with Crippen LogP contribution in [-0.4, -0.2) is 160 Å². The SMILES string of the molecule is COc1cnc(C(=O)NCc2cccc(CC(=O)NCCOCCOCCOCCOCCOCC(=O)NC(C(=O)N3C[C@H](O)C[C@H]3C(=O)NCc3ccc(-c4scnc4C)cc3)C(C)(C)C)c2)cc1/C=C/[C@H]1CC[C@H](C(F)(F)F)CC1. The van der Waals surface area contributed by atoms with Crippen LogP contribution in [0.4, 0.5) is 13.2 Å². The summed E-state index contributed by atoms with van der Waals surface area (Å²) in [6.07, 6.45) is 1.31. The van der Waals surface area contributed by atoms with E-state index in [0.29, 0.717) is 76.9 Å². The van der Waals surface area contributed by atoms with Crippen LogP contribution in [0.3, 0.4) is 0 Å². The number of benzene rings is 2. The van der Waals surface area contributed by atoms with E-state index < -0.39 is 53.4 Å². The van der Waals surface area contributed by atoms with Crippen molar-refractivity contribution in [2.24, 2.45) is 17.3 Å². The van der Waals surface area contributed by atoms with E-state index >= 15 is 0 Å². The molecule has 5 N–H and O–H groups in total. The third kappa shape index (κ3) is 21.1. The van der Waals surface area contributed by atoms with E-state index in [2.05, 4.69) is 31.2 Å². The quantitative estimate of drug-likeness (QED) is 0.0344. The van der Waals surface area contributed by atoms with Crippen LogP contribution in [0.1, 0.15) is 91.3 Å². The zero-order chi connectivity index (χ0) is 59.1. The minimum atomic E-state index is -4.17. The van der Waals surface area contributed by atoms with Crippen LogP contribution in [-0.2, 0) is 62.4 Å². The van der Waals surface area contributed by atoms with E-state index in [0.717, 1.165) is 32.8 Å². The van der Waals surface area contributed by atoms with E-state index in [1.807, 2.05) is 76.2 Å². The molecule has 1 unspecified atom stereocenters. The average molecular weight is 1170 g/mol. The molecule has 1 saturated heterocycles. The number of aliphatic hydroxyl groups excluding tert-OH is 1. The van der Waals surface area contributed by atoms with Gasteiger partial charge in [0.05, 0.1) is 107 Å². The van der Waals surface area contributed by atoms with Gasteiger partial charge in [-0.15, -0.1) is 11.3 Å². The van der Waals surface area contributed by atoms with Crippen molar-refractivity contribution < 1.29 is 70.7 Å². The Kier molecular flexibility index (Phi) is 25.7. The van der Waals surface area contributed by atoms with Crippen molar-refractivity contribution in [3.8, 4) is 16.2 Å². The van der Waals surface area contributed by atoms with E-state index in [1.54, 1.807) is 35.1 Å². The maximum Gasteiger partial charge on any atom is 0.391 e. The lowest BCUT2D eigenvalue weighted by Crippen LogP contribution is -2.58. The lowest BCUT2D eigenvalue weighted by molar-refractivity contribution is -0.183. The van der Waals surface area contributed by atoms with E-state index in [1.165, 1.54) is 18.2 Å². The van der Waals surface area contributed by atoms with Gasteiger partial charge in [0.25, 0.3) is 5.91 Å². The zero-order valence-corrected chi connectivity index (χ0v) is 48.2. The van der Waals surface area contributed by atoms with Crippen LogP contribution in [0, 0.1) is 24.2 Å². The number of carbonyl (C=O) groups excluding carboxylic acids is 5. The summed E-state index contributed by atoms with van der Waals surface area (Å²) in [5, 5.41) is 21.9. The summed E-state index contributed by atoms with van der Waals surface area (Å²) in [5.41, 5.74) is 6.25. The Morgan fingerprint density at radius 2 is 1.41 bits per heavy atom. The van der Waals surface area contributed by atoms with Gasteiger partial charge in [0.1, 0.15) is 30.1 Å². The molecule has 5 amide bonds. The van der Waals surface area contributed by atoms with Crippen LogP contribution in [0.2, 0.25) is 0 Å². The summed E-state index contributed by atoms with van der Waals surface area (Å²) in [6, 6.07) is 14.8. The van der Waals surface area contributed by atoms with Gasteiger partial charge in [0.15, 0.2) is 0 Å². The maximum absolute atomic E-state index is 13.9. The smallest absolute Gasteiger partial charge is 0.391 e. The fraction of sp³-hybridized carbons (Fsp3) is 0.542. The Morgan fingerprint density at radius 3 is 2.04 bits per heavy atom. The second kappa shape index (κ2) is 32.5. The minimum absolute atomic E-state index is 0.0000814. The number of rotatable bonds is 31. The summed E-state index contributed by atoms with van der Waals surface area (Å²) in [6.45, 7) is 10.4. The number of aliphatic hydroxyl groups is 1. The first-order valence-corrected chi connectivity index (χ1v) is 28.5. The predicted molar refractivity (Wildman–Crippen MR) is 301 cm³/mol. The summed E-state index contributed by atoms with van der Waals surface area (Å²) in [5.74, 6) is -2.79. The van der Waals surface area contributed by atoms with Crippen molar-refractivity contribution in [3.05, 3.63) is 106 Å². The van der Waals surface area contributed by atoms with Crippen LogP contribution >= 0.6 is 11.3 Å². The second-order valence-corrected chi connectivity index (χ2v) is 22.2. The highest BCUT2D eigenvalue weighted by Crippen LogP contribution is 2.40. The normalized spacial score (nSPS) is 17.8. The number of nitrogens with zero attached hydrogens (tertiary/aromatic N) is 3. The molecule has 0 spiro atoms. The number of pyridine rings is 1. The van der Waals surface area contributed by atoms with Crippen molar-refractivity contribution in [1.82, 2.24) is 36.1 Å². The van der Waals surface area contributed by atoms with Gasteiger partial charge < -0.3 is 59.7 Å². The van der Waals surface area contributed by atoms with Crippen molar-refractivity contribution in [2.75, 3.05) is 86.3 Å². The van der Waals surface area contributed by atoms with Gasteiger partial charge in [-0.1, -0.05) is 81.5 Å². The van der Waals surface area contributed by atoms with Crippen molar-refractivity contribution >= 4 is 46.9 Å². The highest BCUT2D eigenvalue weighted by atomic mass is 32.1. The van der Waals surface area contributed by atoms with E-state index in [9.17, 15) is 42.3 Å². The number of hydrogen-bond acceptors (Lipinski definition) is 15. The number of carbonyl (C=O) groups is 5. The number of β-amino-alcohol motifs (C(OH)–C–C–N with tert-alkyl or cyclic N) is 1. The molecule has 3 heterocycles. The first-order valence-electron chi connectivity index (χ1n) is 27.6.